The van der Waals surface area contributed by atoms with Gasteiger partial charge in [0.05, 0.1) is 17.2 Å². The summed E-state index contributed by atoms with van der Waals surface area (Å²) in [4.78, 5) is 16.9. The standard InChI is InChI=1S/C27H27BrN4O4S/c1-5-8-18-9-6-7-10-21(18)35-11-12-36-23-20(28)14-17(15-22(23)34-4)13-19-24(29)32-27(30-25(19)33)37-26(31-32)16(2)3/h5-7,9-10,13-16,29H,1,8,11-12H2,2-4H3/b19-13-,29-24?. The van der Waals surface area contributed by atoms with Crippen LogP contribution < -0.4 is 14.2 Å². The number of hydrogen-bond acceptors (Lipinski definition) is 7. The monoisotopic (exact) mass is 582 g/mol. The van der Waals surface area contributed by atoms with Crippen molar-refractivity contribution in [1.82, 2.24) is 5.01 Å². The molecular weight excluding hydrogens is 556 g/mol. The third kappa shape index (κ3) is 5.97. The number of ether oxygens (including phenoxy) is 3. The number of hydrogen-bond donors (Lipinski definition) is 1. The van der Waals surface area contributed by atoms with Crippen LogP contribution in [0.25, 0.3) is 6.08 Å². The molecule has 0 saturated heterocycles. The molecule has 0 fully saturated rings. The molecule has 0 spiro atoms. The van der Waals surface area contributed by atoms with Crippen molar-refractivity contribution < 1.29 is 19.0 Å². The Morgan fingerprint density at radius 3 is 2.68 bits per heavy atom. The van der Waals surface area contributed by atoms with E-state index in [4.69, 9.17) is 19.6 Å². The molecule has 192 valence electrons. The molecule has 2 aliphatic rings. The van der Waals surface area contributed by atoms with Crippen LogP contribution in [-0.4, -0.2) is 47.3 Å². The maximum absolute atomic E-state index is 12.7. The highest BCUT2D eigenvalue weighted by Gasteiger charge is 2.36. The van der Waals surface area contributed by atoms with Crippen LogP contribution in [0, 0.1) is 11.3 Å². The topological polar surface area (TPSA) is 96.6 Å². The fourth-order valence-electron chi connectivity index (χ4n) is 3.63. The van der Waals surface area contributed by atoms with Crippen LogP contribution in [0.15, 0.2) is 69.2 Å². The predicted molar refractivity (Wildman–Crippen MR) is 152 cm³/mol. The number of nitrogens with one attached hydrogen (secondary N) is 1. The molecule has 4 rings (SSSR count). The van der Waals surface area contributed by atoms with Gasteiger partial charge in [0, 0.05) is 5.92 Å². The van der Waals surface area contributed by atoms with Gasteiger partial charge in [-0.25, -0.2) is 0 Å². The van der Waals surface area contributed by atoms with E-state index >= 15 is 0 Å². The molecule has 0 unspecified atom stereocenters. The quantitative estimate of drug-likeness (QED) is 0.212. The molecule has 1 amide bonds. The molecule has 0 atom stereocenters. The second-order valence-corrected chi connectivity index (χ2v) is 10.3. The molecule has 2 aromatic carbocycles. The van der Waals surface area contributed by atoms with Gasteiger partial charge in [-0.15, -0.1) is 6.58 Å². The Morgan fingerprint density at radius 1 is 1.19 bits per heavy atom. The molecule has 0 aliphatic carbocycles. The van der Waals surface area contributed by atoms with Crippen molar-refractivity contribution in [3.8, 4) is 17.2 Å². The van der Waals surface area contributed by atoms with Crippen LogP contribution >= 0.6 is 27.7 Å². The number of thioether (sulfide) groups is 1. The predicted octanol–water partition coefficient (Wildman–Crippen LogP) is 5.92. The first kappa shape index (κ1) is 26.7. The Labute approximate surface area is 228 Å². The molecule has 0 bridgehead atoms. The highest BCUT2D eigenvalue weighted by Crippen LogP contribution is 2.38. The van der Waals surface area contributed by atoms with E-state index in [2.05, 4.69) is 32.6 Å². The number of methoxy groups -OCH3 is 1. The van der Waals surface area contributed by atoms with Gasteiger partial charge in [0.2, 0.25) is 5.17 Å². The number of aliphatic imine (C=N–C) groups is 1. The smallest absolute Gasteiger partial charge is 0.283 e. The molecule has 37 heavy (non-hydrogen) atoms. The molecule has 0 radical (unpaired) electrons. The van der Waals surface area contributed by atoms with Gasteiger partial charge in [0.1, 0.15) is 24.0 Å². The zero-order chi connectivity index (χ0) is 26.5. The number of rotatable bonds is 10. The molecule has 0 saturated carbocycles. The van der Waals surface area contributed by atoms with E-state index in [9.17, 15) is 4.79 Å². The summed E-state index contributed by atoms with van der Waals surface area (Å²) in [5.41, 5.74) is 1.86. The number of allylic oxidation sites excluding steroid dienone is 1. The lowest BCUT2D eigenvalue weighted by Crippen LogP contribution is -2.35. The molecular formula is C27H27BrN4O4S. The second-order valence-electron chi connectivity index (χ2n) is 8.44. The second kappa shape index (κ2) is 11.8. The van der Waals surface area contributed by atoms with Crippen molar-refractivity contribution in [3.63, 3.8) is 0 Å². The molecule has 0 aromatic heterocycles. The van der Waals surface area contributed by atoms with Gasteiger partial charge in [-0.3, -0.25) is 10.2 Å². The van der Waals surface area contributed by atoms with Crippen LogP contribution in [-0.2, 0) is 11.2 Å². The number of hydrazone groups is 1. The molecule has 8 nitrogen and oxygen atoms in total. The number of amidine groups is 2. The average Bonchev–Trinajstić information content (AvgIpc) is 3.31. The lowest BCUT2D eigenvalue weighted by molar-refractivity contribution is -0.114. The molecule has 2 aliphatic heterocycles. The van der Waals surface area contributed by atoms with Crippen molar-refractivity contribution in [2.24, 2.45) is 16.0 Å². The number of carbonyl (C=O) groups excluding carboxylic acids is 1. The summed E-state index contributed by atoms with van der Waals surface area (Å²) in [6, 6.07) is 11.4. The lowest BCUT2D eigenvalue weighted by Gasteiger charge is -2.20. The van der Waals surface area contributed by atoms with Crippen LogP contribution in [0.4, 0.5) is 0 Å². The van der Waals surface area contributed by atoms with E-state index in [1.807, 2.05) is 44.2 Å². The molecule has 2 aromatic rings. The van der Waals surface area contributed by atoms with Crippen LogP contribution in [0.3, 0.4) is 0 Å². The van der Waals surface area contributed by atoms with Gasteiger partial charge in [-0.2, -0.15) is 15.1 Å². The number of amides is 1. The minimum atomic E-state index is -0.478. The fourth-order valence-corrected chi connectivity index (χ4v) is 5.10. The number of carbonyl (C=O) groups is 1. The van der Waals surface area contributed by atoms with Gasteiger partial charge in [-0.05, 0) is 69.5 Å². The number of para-hydroxylation sites is 1. The van der Waals surface area contributed by atoms with Crippen molar-refractivity contribution in [2.75, 3.05) is 20.3 Å². The fraction of sp³-hybridized carbons (Fsp3) is 0.259. The summed E-state index contributed by atoms with van der Waals surface area (Å²) in [5, 5.41) is 15.6. The summed E-state index contributed by atoms with van der Waals surface area (Å²) in [6.07, 6.45) is 4.17. The van der Waals surface area contributed by atoms with Crippen molar-refractivity contribution in [2.45, 2.75) is 20.3 Å². The van der Waals surface area contributed by atoms with Gasteiger partial charge >= 0.3 is 0 Å². The maximum atomic E-state index is 12.7. The zero-order valence-corrected chi connectivity index (χ0v) is 23.2. The summed E-state index contributed by atoms with van der Waals surface area (Å²) < 4.78 is 18.0. The minimum absolute atomic E-state index is 0.0116. The summed E-state index contributed by atoms with van der Waals surface area (Å²) >= 11 is 4.86. The molecule has 1 N–H and O–H groups in total. The number of fused-ring (bicyclic) bond motifs is 1. The van der Waals surface area contributed by atoms with Gasteiger partial charge in [0.25, 0.3) is 5.91 Å². The molecule has 2 heterocycles. The first-order valence-corrected chi connectivity index (χ1v) is 13.2. The van der Waals surface area contributed by atoms with Crippen molar-refractivity contribution in [1.29, 1.82) is 5.41 Å². The average molecular weight is 584 g/mol. The van der Waals surface area contributed by atoms with Crippen molar-refractivity contribution >= 4 is 55.7 Å². The van der Waals surface area contributed by atoms with E-state index in [1.54, 1.807) is 25.3 Å². The summed E-state index contributed by atoms with van der Waals surface area (Å²) in [5.74, 6) is 1.47. The Bertz CT molecular complexity index is 1340. The van der Waals surface area contributed by atoms with E-state index in [0.29, 0.717) is 39.9 Å². The van der Waals surface area contributed by atoms with E-state index < -0.39 is 5.91 Å². The van der Waals surface area contributed by atoms with E-state index in [0.717, 1.165) is 22.8 Å². The summed E-state index contributed by atoms with van der Waals surface area (Å²) in [6.45, 7) is 8.44. The minimum Gasteiger partial charge on any atom is -0.493 e. The third-order valence-electron chi connectivity index (χ3n) is 5.45. The van der Waals surface area contributed by atoms with Gasteiger partial charge in [-0.1, -0.05) is 38.1 Å². The summed E-state index contributed by atoms with van der Waals surface area (Å²) in [7, 11) is 1.54. The van der Waals surface area contributed by atoms with Crippen LogP contribution in [0.5, 0.6) is 17.2 Å². The lowest BCUT2D eigenvalue weighted by atomic mass is 10.1. The number of nitrogens with zero attached hydrogens (tertiary/aromatic N) is 3. The van der Waals surface area contributed by atoms with Gasteiger partial charge in [0.15, 0.2) is 17.3 Å². The van der Waals surface area contributed by atoms with E-state index in [1.165, 1.54) is 16.8 Å². The van der Waals surface area contributed by atoms with Crippen LogP contribution in [0.2, 0.25) is 0 Å². The number of halogens is 1. The largest absolute Gasteiger partial charge is 0.493 e. The Hall–Kier alpha value is -3.37. The highest BCUT2D eigenvalue weighted by molar-refractivity contribution is 9.10. The SMILES string of the molecule is C=CCc1ccccc1OCCOc1c(Br)cc(/C=C2/C(=N)N3N=C(C(C)C)SC3=NC2=O)cc1OC. The highest BCUT2D eigenvalue weighted by atomic mass is 79.9. The van der Waals surface area contributed by atoms with Gasteiger partial charge < -0.3 is 14.2 Å². The first-order chi connectivity index (χ1) is 17.8. The maximum Gasteiger partial charge on any atom is 0.283 e. The molecule has 10 heteroatoms. The Morgan fingerprint density at radius 2 is 1.95 bits per heavy atom. The number of benzene rings is 2. The third-order valence-corrected chi connectivity index (χ3v) is 7.25. The first-order valence-electron chi connectivity index (χ1n) is 11.6. The van der Waals surface area contributed by atoms with Crippen LogP contribution in [0.1, 0.15) is 25.0 Å². The van der Waals surface area contributed by atoms with E-state index in [-0.39, 0.29) is 17.3 Å². The normalized spacial score (nSPS) is 16.0. The Kier molecular flexibility index (Phi) is 8.50. The Balaban J connectivity index is 1.48. The zero-order valence-electron chi connectivity index (χ0n) is 20.8. The van der Waals surface area contributed by atoms with Crippen molar-refractivity contribution in [3.05, 3.63) is 70.2 Å².